The molecule has 0 spiro atoms. The van der Waals surface area contributed by atoms with Gasteiger partial charge in [-0.3, -0.25) is 14.9 Å². The number of nitrogens with zero attached hydrogens (tertiary/aromatic N) is 1. The normalized spacial score (nSPS) is 15.1. The number of para-hydroxylation sites is 1. The molecule has 0 atom stereocenters. The van der Waals surface area contributed by atoms with E-state index in [1.165, 1.54) is 11.6 Å². The topological polar surface area (TPSA) is 84.9 Å². The number of amides is 4. The Morgan fingerprint density at radius 1 is 0.838 bits per heavy atom. The number of hydrogen-bond acceptors (Lipinski definition) is 5. The molecule has 1 heterocycles. The van der Waals surface area contributed by atoms with Crippen LogP contribution in [-0.4, -0.2) is 31.1 Å². The minimum atomic E-state index is -0.784. The Balaban J connectivity index is 1.45. The van der Waals surface area contributed by atoms with E-state index in [0.29, 0.717) is 23.6 Å². The van der Waals surface area contributed by atoms with Crippen LogP contribution in [0.4, 0.5) is 10.5 Å². The molecule has 7 nitrogen and oxygen atoms in total. The van der Waals surface area contributed by atoms with E-state index in [1.807, 2.05) is 19.1 Å². The lowest BCUT2D eigenvalue weighted by Crippen LogP contribution is -2.54. The molecule has 0 aromatic heterocycles. The number of rotatable bonds is 7. The van der Waals surface area contributed by atoms with E-state index in [0.717, 1.165) is 16.2 Å². The first-order chi connectivity index (χ1) is 17.6. The van der Waals surface area contributed by atoms with Crippen molar-refractivity contribution in [2.45, 2.75) is 33.1 Å². The summed E-state index contributed by atoms with van der Waals surface area (Å²) in [6.45, 7) is 8.95. The molecule has 0 unspecified atom stereocenters. The largest absolute Gasteiger partial charge is 0.490 e. The van der Waals surface area contributed by atoms with Crippen molar-refractivity contribution in [2.75, 3.05) is 18.1 Å². The maximum atomic E-state index is 13.2. The second-order valence-corrected chi connectivity index (χ2v) is 9.80. The molecule has 3 aromatic carbocycles. The van der Waals surface area contributed by atoms with Gasteiger partial charge >= 0.3 is 6.03 Å². The number of anilines is 1. The quantitative estimate of drug-likeness (QED) is 0.267. The lowest BCUT2D eigenvalue weighted by atomic mass is 9.87. The fourth-order valence-electron chi connectivity index (χ4n) is 3.83. The number of nitrogens with one attached hydrogen (secondary N) is 1. The number of barbiturate groups is 1. The molecule has 1 saturated heterocycles. The van der Waals surface area contributed by atoms with Crippen LogP contribution in [0.5, 0.6) is 11.5 Å². The van der Waals surface area contributed by atoms with Gasteiger partial charge in [-0.25, -0.2) is 9.69 Å². The average Bonchev–Trinajstić information content (AvgIpc) is 2.86. The van der Waals surface area contributed by atoms with E-state index in [1.54, 1.807) is 48.5 Å². The molecule has 190 valence electrons. The highest BCUT2D eigenvalue weighted by Crippen LogP contribution is 2.26. The highest BCUT2D eigenvalue weighted by molar-refractivity contribution is 6.39. The summed E-state index contributed by atoms with van der Waals surface area (Å²) < 4.78 is 11.7. The maximum absolute atomic E-state index is 13.2. The summed E-state index contributed by atoms with van der Waals surface area (Å²) in [6, 6.07) is 21.2. The molecule has 0 saturated carbocycles. The minimum absolute atomic E-state index is 0.0704. The third-order valence-corrected chi connectivity index (χ3v) is 5.94. The van der Waals surface area contributed by atoms with E-state index >= 15 is 0 Å². The van der Waals surface area contributed by atoms with Gasteiger partial charge in [-0.2, -0.15) is 0 Å². The Labute approximate surface area is 216 Å². The second kappa shape index (κ2) is 10.7. The number of ether oxygens (including phenoxy) is 2. The van der Waals surface area contributed by atoms with E-state index in [-0.39, 0.29) is 17.6 Å². The van der Waals surface area contributed by atoms with Crippen molar-refractivity contribution in [2.24, 2.45) is 0 Å². The lowest BCUT2D eigenvalue weighted by molar-refractivity contribution is -0.122. The summed E-state index contributed by atoms with van der Waals surface area (Å²) in [7, 11) is 0. The van der Waals surface area contributed by atoms with Gasteiger partial charge in [-0.05, 0) is 54.3 Å². The SMILES string of the molecule is Cc1ccc(N2C(=O)NC(=O)C(=Cc3ccccc3OCCOc3ccc(C(C)(C)C)cc3)C2=O)cc1. The van der Waals surface area contributed by atoms with Crippen LogP contribution < -0.4 is 19.7 Å². The average molecular weight is 499 g/mol. The number of aryl methyl sites for hydroxylation is 1. The highest BCUT2D eigenvalue weighted by atomic mass is 16.5. The van der Waals surface area contributed by atoms with Crippen LogP contribution in [0, 0.1) is 6.92 Å². The fourth-order valence-corrected chi connectivity index (χ4v) is 3.83. The second-order valence-electron chi connectivity index (χ2n) is 9.80. The van der Waals surface area contributed by atoms with Gasteiger partial charge < -0.3 is 9.47 Å². The Hall–Kier alpha value is -4.39. The van der Waals surface area contributed by atoms with Crippen LogP contribution >= 0.6 is 0 Å². The van der Waals surface area contributed by atoms with E-state index in [2.05, 4.69) is 38.2 Å². The van der Waals surface area contributed by atoms with Crippen molar-refractivity contribution in [3.8, 4) is 11.5 Å². The van der Waals surface area contributed by atoms with Gasteiger partial charge in [0.15, 0.2) is 0 Å². The molecule has 1 N–H and O–H groups in total. The van der Waals surface area contributed by atoms with Crippen molar-refractivity contribution in [1.29, 1.82) is 0 Å². The Morgan fingerprint density at radius 2 is 1.49 bits per heavy atom. The Kier molecular flexibility index (Phi) is 7.43. The third kappa shape index (κ3) is 6.06. The van der Waals surface area contributed by atoms with Crippen molar-refractivity contribution in [3.05, 3.63) is 95.1 Å². The lowest BCUT2D eigenvalue weighted by Gasteiger charge is -2.26. The van der Waals surface area contributed by atoms with Crippen LogP contribution in [-0.2, 0) is 15.0 Å². The molecule has 0 aliphatic carbocycles. The monoisotopic (exact) mass is 498 g/mol. The van der Waals surface area contributed by atoms with Crippen molar-refractivity contribution in [1.82, 2.24) is 5.32 Å². The van der Waals surface area contributed by atoms with Crippen molar-refractivity contribution >= 4 is 29.6 Å². The zero-order chi connectivity index (χ0) is 26.6. The van der Waals surface area contributed by atoms with Gasteiger partial charge in [0, 0.05) is 5.56 Å². The number of carbonyl (C=O) groups excluding carboxylic acids is 3. The van der Waals surface area contributed by atoms with Crippen LogP contribution in [0.15, 0.2) is 78.4 Å². The Bertz CT molecular complexity index is 1340. The molecular formula is C30H30N2O5. The summed E-state index contributed by atoms with van der Waals surface area (Å²) in [5.74, 6) is -0.219. The number of benzene rings is 3. The van der Waals surface area contributed by atoms with Gasteiger partial charge in [0.2, 0.25) is 0 Å². The van der Waals surface area contributed by atoms with Gasteiger partial charge in [-0.1, -0.05) is 68.8 Å². The predicted molar refractivity (Wildman–Crippen MR) is 143 cm³/mol. The minimum Gasteiger partial charge on any atom is -0.490 e. The highest BCUT2D eigenvalue weighted by Gasteiger charge is 2.36. The van der Waals surface area contributed by atoms with Gasteiger partial charge in [0.05, 0.1) is 5.69 Å². The zero-order valence-electron chi connectivity index (χ0n) is 21.4. The smallest absolute Gasteiger partial charge is 0.335 e. The Morgan fingerprint density at radius 3 is 2.16 bits per heavy atom. The summed E-state index contributed by atoms with van der Waals surface area (Å²) in [5.41, 5.74) is 3.03. The first kappa shape index (κ1) is 25.7. The van der Waals surface area contributed by atoms with Gasteiger partial charge in [0.1, 0.15) is 30.3 Å². The molecule has 7 heteroatoms. The van der Waals surface area contributed by atoms with Crippen molar-refractivity contribution < 1.29 is 23.9 Å². The number of imide groups is 2. The number of hydrogen-bond donors (Lipinski definition) is 1. The summed E-state index contributed by atoms with van der Waals surface area (Å²) >= 11 is 0. The number of urea groups is 1. The molecule has 0 radical (unpaired) electrons. The molecule has 1 fully saturated rings. The molecule has 1 aliphatic rings. The third-order valence-electron chi connectivity index (χ3n) is 5.94. The van der Waals surface area contributed by atoms with Gasteiger partial charge in [-0.15, -0.1) is 0 Å². The van der Waals surface area contributed by atoms with Crippen LogP contribution in [0.1, 0.15) is 37.5 Å². The van der Waals surface area contributed by atoms with Crippen LogP contribution in [0.2, 0.25) is 0 Å². The summed E-state index contributed by atoms with van der Waals surface area (Å²) in [4.78, 5) is 39.1. The molecule has 37 heavy (non-hydrogen) atoms. The summed E-state index contributed by atoms with van der Waals surface area (Å²) in [5, 5.41) is 2.24. The summed E-state index contributed by atoms with van der Waals surface area (Å²) in [6.07, 6.45) is 1.44. The predicted octanol–water partition coefficient (Wildman–Crippen LogP) is 5.42. The first-order valence-electron chi connectivity index (χ1n) is 12.1. The van der Waals surface area contributed by atoms with Gasteiger partial charge in [0.25, 0.3) is 11.8 Å². The van der Waals surface area contributed by atoms with E-state index < -0.39 is 17.8 Å². The van der Waals surface area contributed by atoms with Crippen molar-refractivity contribution in [3.63, 3.8) is 0 Å². The molecular weight excluding hydrogens is 468 g/mol. The maximum Gasteiger partial charge on any atom is 0.335 e. The van der Waals surface area contributed by atoms with Crippen LogP contribution in [0.25, 0.3) is 6.08 Å². The van der Waals surface area contributed by atoms with Crippen LogP contribution in [0.3, 0.4) is 0 Å². The molecule has 3 aromatic rings. The zero-order valence-corrected chi connectivity index (χ0v) is 21.4. The molecule has 1 aliphatic heterocycles. The molecule has 4 rings (SSSR count). The fraction of sp³-hybridized carbons (Fsp3) is 0.233. The standard InChI is InChI=1S/C30H30N2O5/c1-20-9-13-23(14-10-20)32-28(34)25(27(33)31-29(32)35)19-21-7-5-6-8-26(21)37-18-17-36-24-15-11-22(12-16-24)30(2,3)4/h5-16,19H,17-18H2,1-4H3,(H,31,33,35). The first-order valence-corrected chi connectivity index (χ1v) is 12.1. The van der Waals surface area contributed by atoms with E-state index in [9.17, 15) is 14.4 Å². The van der Waals surface area contributed by atoms with E-state index in [4.69, 9.17) is 9.47 Å². The molecule has 0 bridgehead atoms. The molecule has 4 amide bonds. The number of carbonyl (C=O) groups is 3.